The first-order valence-corrected chi connectivity index (χ1v) is 7.03. The number of hydrogen-bond donors (Lipinski definition) is 0. The summed E-state index contributed by atoms with van der Waals surface area (Å²) in [5.41, 5.74) is -1.32. The number of benzene rings is 1. The van der Waals surface area contributed by atoms with E-state index in [1.54, 1.807) is 18.2 Å². The van der Waals surface area contributed by atoms with E-state index in [1.807, 2.05) is 6.08 Å². The molecule has 0 saturated carbocycles. The Kier molecular flexibility index (Phi) is 3.65. The van der Waals surface area contributed by atoms with Crippen LogP contribution in [0.2, 0.25) is 0 Å². The van der Waals surface area contributed by atoms with E-state index in [-0.39, 0.29) is 17.5 Å². The van der Waals surface area contributed by atoms with E-state index in [0.29, 0.717) is 12.0 Å². The lowest BCUT2D eigenvalue weighted by molar-refractivity contribution is -0.143. The Bertz CT molecular complexity index is 683. The molecule has 1 aromatic carbocycles. The van der Waals surface area contributed by atoms with Gasteiger partial charge in [-0.05, 0) is 53.7 Å². The predicted octanol–water partition coefficient (Wildman–Crippen LogP) is 6.01. The van der Waals surface area contributed by atoms with Crippen LogP contribution in [0.25, 0.3) is 5.57 Å². The summed E-state index contributed by atoms with van der Waals surface area (Å²) in [6, 6.07) is 1.75. The van der Waals surface area contributed by atoms with Crippen molar-refractivity contribution < 1.29 is 26.3 Å². The number of allylic oxidation sites excluding steroid dienone is 6. The standard InChI is InChI=1S/C17H12F6/c18-16(19,20)12-7-11(8-13(9-12)17(21,22)23)15-6-5-10-3-1-2-4-14(10)15/h1-2,4,6-10H,3,5H2/t10-/m1/s1. The molecule has 1 aromatic rings. The molecule has 3 rings (SSSR count). The average Bonchev–Trinajstić information content (AvgIpc) is 2.89. The molecule has 23 heavy (non-hydrogen) atoms. The zero-order valence-electron chi connectivity index (χ0n) is 11.8. The summed E-state index contributed by atoms with van der Waals surface area (Å²) < 4.78 is 77.7. The van der Waals surface area contributed by atoms with E-state index in [9.17, 15) is 26.3 Å². The lowest BCUT2D eigenvalue weighted by Gasteiger charge is -2.18. The van der Waals surface area contributed by atoms with Gasteiger partial charge in [-0.1, -0.05) is 24.3 Å². The fourth-order valence-electron chi connectivity index (χ4n) is 2.98. The summed E-state index contributed by atoms with van der Waals surface area (Å²) in [5.74, 6) is 0.138. The van der Waals surface area contributed by atoms with Crippen LogP contribution < -0.4 is 0 Å². The van der Waals surface area contributed by atoms with Crippen LogP contribution in [0.4, 0.5) is 26.3 Å². The van der Waals surface area contributed by atoms with Crippen LogP contribution in [0.15, 0.2) is 48.1 Å². The van der Waals surface area contributed by atoms with Crippen molar-refractivity contribution in [3.05, 3.63) is 64.8 Å². The van der Waals surface area contributed by atoms with Crippen molar-refractivity contribution in [1.29, 1.82) is 0 Å². The molecule has 0 bridgehead atoms. The molecule has 2 aliphatic carbocycles. The highest BCUT2D eigenvalue weighted by Gasteiger charge is 2.38. The van der Waals surface area contributed by atoms with Gasteiger partial charge in [-0.25, -0.2) is 0 Å². The Balaban J connectivity index is 2.12. The Morgan fingerprint density at radius 1 is 0.826 bits per heavy atom. The van der Waals surface area contributed by atoms with E-state index < -0.39 is 23.5 Å². The van der Waals surface area contributed by atoms with Gasteiger partial charge in [0, 0.05) is 0 Å². The van der Waals surface area contributed by atoms with Gasteiger partial charge in [0.15, 0.2) is 0 Å². The molecule has 0 unspecified atom stereocenters. The fraction of sp³-hybridized carbons (Fsp3) is 0.294. The van der Waals surface area contributed by atoms with Crippen LogP contribution in [-0.4, -0.2) is 0 Å². The molecular formula is C17H12F6. The second-order valence-electron chi connectivity index (χ2n) is 5.63. The monoisotopic (exact) mass is 330 g/mol. The quantitative estimate of drug-likeness (QED) is 0.553. The minimum absolute atomic E-state index is 0.0313. The number of alkyl halides is 6. The van der Waals surface area contributed by atoms with Gasteiger partial charge >= 0.3 is 12.4 Å². The molecule has 0 amide bonds. The molecule has 0 spiro atoms. The Morgan fingerprint density at radius 2 is 1.43 bits per heavy atom. The lowest BCUT2D eigenvalue weighted by atomic mass is 9.88. The van der Waals surface area contributed by atoms with Gasteiger partial charge in [-0.15, -0.1) is 0 Å². The molecule has 0 aromatic heterocycles. The van der Waals surface area contributed by atoms with E-state index in [2.05, 4.69) is 0 Å². The number of rotatable bonds is 1. The minimum atomic E-state index is -4.82. The van der Waals surface area contributed by atoms with Crippen LogP contribution in [-0.2, 0) is 12.4 Å². The smallest absolute Gasteiger partial charge is 0.166 e. The first-order chi connectivity index (χ1) is 10.7. The third-order valence-electron chi connectivity index (χ3n) is 4.09. The van der Waals surface area contributed by atoms with Crippen molar-refractivity contribution in [3.63, 3.8) is 0 Å². The summed E-state index contributed by atoms with van der Waals surface area (Å²) in [6.45, 7) is 0. The molecule has 122 valence electrons. The molecule has 0 aliphatic heterocycles. The lowest BCUT2D eigenvalue weighted by Crippen LogP contribution is -2.12. The summed E-state index contributed by atoms with van der Waals surface area (Å²) in [5, 5.41) is 0. The number of halogens is 6. The summed E-state index contributed by atoms with van der Waals surface area (Å²) in [4.78, 5) is 0. The van der Waals surface area contributed by atoms with Gasteiger partial charge in [0.05, 0.1) is 11.1 Å². The Labute approximate surface area is 128 Å². The van der Waals surface area contributed by atoms with E-state index >= 15 is 0 Å². The molecule has 0 nitrogen and oxygen atoms in total. The van der Waals surface area contributed by atoms with Gasteiger partial charge in [-0.2, -0.15) is 26.3 Å². The minimum Gasteiger partial charge on any atom is -0.166 e. The van der Waals surface area contributed by atoms with Gasteiger partial charge in [0.1, 0.15) is 0 Å². The van der Waals surface area contributed by atoms with Crippen LogP contribution in [0, 0.1) is 5.92 Å². The molecular weight excluding hydrogens is 318 g/mol. The summed E-state index contributed by atoms with van der Waals surface area (Å²) in [7, 11) is 0. The average molecular weight is 330 g/mol. The largest absolute Gasteiger partial charge is 0.416 e. The zero-order valence-corrected chi connectivity index (χ0v) is 11.8. The highest BCUT2D eigenvalue weighted by atomic mass is 19.4. The Morgan fingerprint density at radius 3 is 2.00 bits per heavy atom. The highest BCUT2D eigenvalue weighted by Crippen LogP contribution is 2.44. The molecule has 6 heteroatoms. The summed E-state index contributed by atoms with van der Waals surface area (Å²) >= 11 is 0. The fourth-order valence-corrected chi connectivity index (χ4v) is 2.98. The zero-order chi connectivity index (χ0) is 16.8. The van der Waals surface area contributed by atoms with Crippen LogP contribution >= 0.6 is 0 Å². The van der Waals surface area contributed by atoms with Crippen LogP contribution in [0.1, 0.15) is 29.5 Å². The van der Waals surface area contributed by atoms with Crippen molar-refractivity contribution in [2.45, 2.75) is 25.2 Å². The topological polar surface area (TPSA) is 0 Å². The normalized spacial score (nSPS) is 21.0. The molecule has 0 N–H and O–H groups in total. The molecule has 0 heterocycles. The third-order valence-corrected chi connectivity index (χ3v) is 4.09. The van der Waals surface area contributed by atoms with Crippen LogP contribution in [0.5, 0.6) is 0 Å². The number of fused-ring (bicyclic) bond motifs is 1. The van der Waals surface area contributed by atoms with Gasteiger partial charge in [0.2, 0.25) is 0 Å². The van der Waals surface area contributed by atoms with E-state index in [0.717, 1.165) is 24.1 Å². The van der Waals surface area contributed by atoms with Crippen LogP contribution in [0.3, 0.4) is 0 Å². The van der Waals surface area contributed by atoms with Gasteiger partial charge in [0.25, 0.3) is 0 Å². The maximum absolute atomic E-state index is 12.9. The molecule has 1 atom stereocenters. The maximum Gasteiger partial charge on any atom is 0.416 e. The predicted molar refractivity (Wildman–Crippen MR) is 74.4 cm³/mol. The van der Waals surface area contributed by atoms with Crippen molar-refractivity contribution in [2.24, 2.45) is 5.92 Å². The highest BCUT2D eigenvalue weighted by molar-refractivity contribution is 5.83. The third kappa shape index (κ3) is 3.07. The molecule has 0 fully saturated rings. The van der Waals surface area contributed by atoms with E-state index in [4.69, 9.17) is 0 Å². The second-order valence-corrected chi connectivity index (χ2v) is 5.63. The first kappa shape index (κ1) is 15.9. The first-order valence-electron chi connectivity index (χ1n) is 7.03. The molecule has 0 radical (unpaired) electrons. The van der Waals surface area contributed by atoms with Crippen molar-refractivity contribution in [1.82, 2.24) is 0 Å². The van der Waals surface area contributed by atoms with Crippen molar-refractivity contribution in [3.8, 4) is 0 Å². The van der Waals surface area contributed by atoms with Crippen molar-refractivity contribution >= 4 is 5.57 Å². The van der Waals surface area contributed by atoms with Gasteiger partial charge < -0.3 is 0 Å². The second kappa shape index (κ2) is 5.28. The van der Waals surface area contributed by atoms with E-state index in [1.165, 1.54) is 0 Å². The molecule has 2 aliphatic rings. The van der Waals surface area contributed by atoms with Gasteiger partial charge in [-0.3, -0.25) is 0 Å². The van der Waals surface area contributed by atoms with Crippen molar-refractivity contribution in [2.75, 3.05) is 0 Å². The maximum atomic E-state index is 12.9. The summed E-state index contributed by atoms with van der Waals surface area (Å²) in [6.07, 6.45) is -1.06. The SMILES string of the molecule is FC(F)(F)c1cc(C2=CC[C@H]3CC=CC=C23)cc(C(F)(F)F)c1. The molecule has 0 saturated heterocycles. The Hall–Kier alpha value is -1.98. The number of hydrogen-bond acceptors (Lipinski definition) is 0.